The van der Waals surface area contributed by atoms with Gasteiger partial charge in [0.2, 0.25) is 5.91 Å². The summed E-state index contributed by atoms with van der Waals surface area (Å²) in [6.07, 6.45) is 8.47. The van der Waals surface area contributed by atoms with E-state index in [1.807, 2.05) is 30.3 Å². The van der Waals surface area contributed by atoms with Crippen molar-refractivity contribution in [2.24, 2.45) is 11.8 Å². The first-order valence-electron chi connectivity index (χ1n) is 12.7. The topological polar surface area (TPSA) is 48.5 Å². The lowest BCUT2D eigenvalue weighted by atomic mass is 9.78. The van der Waals surface area contributed by atoms with Crippen LogP contribution in [-0.4, -0.2) is 54.4 Å². The monoisotopic (exact) mass is 508 g/mol. The number of amides is 1. The number of piperazine rings is 1. The lowest BCUT2D eigenvalue weighted by molar-refractivity contribution is -0.116. The number of halogens is 1. The molecule has 1 aliphatic carbocycles. The lowest BCUT2D eigenvalue weighted by Gasteiger charge is -2.40. The normalized spacial score (nSPS) is 21.6. The highest BCUT2D eigenvalue weighted by Crippen LogP contribution is 2.32. The van der Waals surface area contributed by atoms with E-state index in [0.29, 0.717) is 16.9 Å². The second-order valence-corrected chi connectivity index (χ2v) is 11.0. The summed E-state index contributed by atoms with van der Waals surface area (Å²) in [4.78, 5) is 17.5. The fourth-order valence-corrected chi connectivity index (χ4v) is 6.44. The van der Waals surface area contributed by atoms with E-state index in [4.69, 9.17) is 16.0 Å². The van der Waals surface area contributed by atoms with Crippen LogP contribution in [0.5, 0.6) is 0 Å². The second kappa shape index (κ2) is 11.5. The first kappa shape index (κ1) is 24.3. The molecular formula is C28H33ClN4OS. The zero-order valence-electron chi connectivity index (χ0n) is 20.0. The molecule has 35 heavy (non-hydrogen) atoms. The largest absolute Gasteiger partial charge is 0.353 e. The van der Waals surface area contributed by atoms with Gasteiger partial charge in [-0.3, -0.25) is 9.69 Å². The zero-order valence-corrected chi connectivity index (χ0v) is 21.6. The van der Waals surface area contributed by atoms with Gasteiger partial charge in [-0.25, -0.2) is 0 Å². The van der Waals surface area contributed by atoms with E-state index >= 15 is 0 Å². The molecule has 0 bridgehead atoms. The Kier molecular flexibility index (Phi) is 8.02. The Balaban J connectivity index is 1.11. The maximum Gasteiger partial charge on any atom is 0.244 e. The maximum atomic E-state index is 12.4. The summed E-state index contributed by atoms with van der Waals surface area (Å²) in [6.45, 7) is 6.08. The number of carbonyl (C=O) groups excluding carboxylic acids is 1. The van der Waals surface area contributed by atoms with Crippen molar-refractivity contribution in [2.45, 2.75) is 25.7 Å². The van der Waals surface area contributed by atoms with E-state index < -0.39 is 0 Å². The molecule has 2 atom stereocenters. The third-order valence-electron chi connectivity index (χ3n) is 7.40. The highest BCUT2D eigenvalue weighted by atomic mass is 35.5. The average Bonchev–Trinajstić information content (AvgIpc) is 3.32. The van der Waals surface area contributed by atoms with E-state index in [0.717, 1.165) is 50.6 Å². The van der Waals surface area contributed by atoms with Crippen molar-refractivity contribution in [2.75, 3.05) is 44.2 Å². The fourth-order valence-electron chi connectivity index (χ4n) is 5.44. The standard InChI is InChI=1S/C28H33ClN4OS/c29-24-9-5-6-21(18-24)12-13-27(34)30-19-22-7-1-2-8-23(22)20-32-14-16-33(17-15-32)28-25-10-3-4-11-26(25)35-31-28/h3-6,9-13,18,22-23H,1-2,7-8,14-17,19-20H2,(H,30,34)/t22-,23+/m0/s1. The number of anilines is 1. The van der Waals surface area contributed by atoms with Crippen molar-refractivity contribution in [3.05, 3.63) is 65.2 Å². The quantitative estimate of drug-likeness (QED) is 0.415. The van der Waals surface area contributed by atoms with Crippen LogP contribution in [-0.2, 0) is 4.79 Å². The SMILES string of the molecule is O=C(C=Cc1cccc(Cl)c1)NC[C@@H]1CCCC[C@@H]1CN1CCN(c2nsc3ccccc23)CC1. The molecule has 2 aromatic carbocycles. The molecule has 1 aliphatic heterocycles. The van der Waals surface area contributed by atoms with Crippen LogP contribution < -0.4 is 10.2 Å². The molecule has 2 fully saturated rings. The van der Waals surface area contributed by atoms with Crippen LogP contribution in [0.25, 0.3) is 16.2 Å². The molecule has 5 nitrogen and oxygen atoms in total. The van der Waals surface area contributed by atoms with Crippen molar-refractivity contribution in [3.63, 3.8) is 0 Å². The number of nitrogens with one attached hydrogen (secondary N) is 1. The van der Waals surface area contributed by atoms with Gasteiger partial charge in [0, 0.05) is 55.8 Å². The molecular weight excluding hydrogens is 476 g/mol. The number of benzene rings is 2. The number of aromatic nitrogens is 1. The Morgan fingerprint density at radius 1 is 1.06 bits per heavy atom. The molecule has 1 N–H and O–H groups in total. The van der Waals surface area contributed by atoms with Gasteiger partial charge in [-0.1, -0.05) is 48.7 Å². The summed E-state index contributed by atoms with van der Waals surface area (Å²) < 4.78 is 6.01. The minimum Gasteiger partial charge on any atom is -0.353 e. The molecule has 5 rings (SSSR count). The number of rotatable bonds is 7. The Morgan fingerprint density at radius 3 is 2.69 bits per heavy atom. The van der Waals surface area contributed by atoms with Crippen molar-refractivity contribution >= 4 is 51.0 Å². The van der Waals surface area contributed by atoms with Gasteiger partial charge in [0.05, 0.1) is 4.70 Å². The van der Waals surface area contributed by atoms with E-state index in [2.05, 4.69) is 39.4 Å². The minimum atomic E-state index is -0.0293. The molecule has 1 saturated heterocycles. The van der Waals surface area contributed by atoms with E-state index in [1.165, 1.54) is 35.8 Å². The van der Waals surface area contributed by atoms with Crippen LogP contribution in [0.3, 0.4) is 0 Å². The molecule has 0 spiro atoms. The summed E-state index contributed by atoms with van der Waals surface area (Å²) in [5.74, 6) is 2.31. The predicted octanol–water partition coefficient (Wildman–Crippen LogP) is 5.71. The maximum absolute atomic E-state index is 12.4. The Bertz CT molecular complexity index is 1170. The highest BCUT2D eigenvalue weighted by Gasteiger charge is 2.29. The number of hydrogen-bond acceptors (Lipinski definition) is 5. The van der Waals surface area contributed by atoms with E-state index in [-0.39, 0.29) is 5.91 Å². The van der Waals surface area contributed by atoms with Crippen molar-refractivity contribution in [1.29, 1.82) is 0 Å². The molecule has 0 unspecified atom stereocenters. The van der Waals surface area contributed by atoms with Gasteiger partial charge in [0.25, 0.3) is 0 Å². The molecule has 2 aliphatic rings. The van der Waals surface area contributed by atoms with Crippen LogP contribution in [0.4, 0.5) is 5.82 Å². The second-order valence-electron chi connectivity index (χ2n) is 9.73. The third-order valence-corrected chi connectivity index (χ3v) is 8.46. The molecule has 2 heterocycles. The number of nitrogens with zero attached hydrogens (tertiary/aromatic N) is 3. The van der Waals surface area contributed by atoms with Crippen LogP contribution in [0, 0.1) is 11.8 Å². The number of carbonyl (C=O) groups is 1. The van der Waals surface area contributed by atoms with Crippen LogP contribution in [0.2, 0.25) is 5.02 Å². The van der Waals surface area contributed by atoms with Crippen molar-refractivity contribution in [1.82, 2.24) is 14.6 Å². The van der Waals surface area contributed by atoms with Crippen LogP contribution in [0.15, 0.2) is 54.6 Å². The van der Waals surface area contributed by atoms with Gasteiger partial charge < -0.3 is 10.2 Å². The molecule has 184 valence electrons. The third kappa shape index (κ3) is 6.24. The molecule has 1 aromatic heterocycles. The summed E-state index contributed by atoms with van der Waals surface area (Å²) in [7, 11) is 0. The Hall–Kier alpha value is -2.41. The van der Waals surface area contributed by atoms with Gasteiger partial charge in [-0.2, -0.15) is 4.37 Å². The number of hydrogen-bond donors (Lipinski definition) is 1. The number of fused-ring (bicyclic) bond motifs is 1. The Labute approximate surface area is 216 Å². The van der Waals surface area contributed by atoms with Crippen molar-refractivity contribution in [3.8, 4) is 0 Å². The fraction of sp³-hybridized carbons (Fsp3) is 0.429. The van der Waals surface area contributed by atoms with Gasteiger partial charge >= 0.3 is 0 Å². The lowest BCUT2D eigenvalue weighted by Crippen LogP contribution is -2.49. The van der Waals surface area contributed by atoms with Gasteiger partial charge in [0.15, 0.2) is 0 Å². The summed E-state index contributed by atoms with van der Waals surface area (Å²) >= 11 is 7.63. The average molecular weight is 509 g/mol. The summed E-state index contributed by atoms with van der Waals surface area (Å²) in [6, 6.07) is 16.1. The summed E-state index contributed by atoms with van der Waals surface area (Å²) in [5.41, 5.74) is 0.938. The van der Waals surface area contributed by atoms with E-state index in [1.54, 1.807) is 17.6 Å². The molecule has 0 radical (unpaired) electrons. The minimum absolute atomic E-state index is 0.0293. The van der Waals surface area contributed by atoms with Crippen LogP contribution >= 0.6 is 23.1 Å². The first-order chi connectivity index (χ1) is 17.2. The first-order valence-corrected chi connectivity index (χ1v) is 13.8. The van der Waals surface area contributed by atoms with Gasteiger partial charge in [-0.05, 0) is 72.1 Å². The molecule has 3 aromatic rings. The van der Waals surface area contributed by atoms with Crippen molar-refractivity contribution < 1.29 is 4.79 Å². The van der Waals surface area contributed by atoms with Gasteiger partial charge in [-0.15, -0.1) is 0 Å². The zero-order chi connectivity index (χ0) is 24.0. The molecule has 7 heteroatoms. The smallest absolute Gasteiger partial charge is 0.244 e. The Morgan fingerprint density at radius 2 is 1.86 bits per heavy atom. The van der Waals surface area contributed by atoms with E-state index in [9.17, 15) is 4.79 Å². The highest BCUT2D eigenvalue weighted by molar-refractivity contribution is 7.13. The molecule has 1 saturated carbocycles. The summed E-state index contributed by atoms with van der Waals surface area (Å²) in [5, 5.41) is 5.11. The van der Waals surface area contributed by atoms with Crippen LogP contribution in [0.1, 0.15) is 31.2 Å². The van der Waals surface area contributed by atoms with Gasteiger partial charge in [0.1, 0.15) is 5.82 Å². The predicted molar refractivity (Wildman–Crippen MR) is 147 cm³/mol. The molecule has 1 amide bonds.